The van der Waals surface area contributed by atoms with E-state index in [4.69, 9.17) is 4.74 Å². The first-order valence-corrected chi connectivity index (χ1v) is 8.31. The number of esters is 1. The van der Waals surface area contributed by atoms with Gasteiger partial charge in [0.15, 0.2) is 0 Å². The lowest BCUT2D eigenvalue weighted by Crippen LogP contribution is -2.11. The zero-order valence-electron chi connectivity index (χ0n) is 14.7. The van der Waals surface area contributed by atoms with Crippen LogP contribution in [0.5, 0.6) is 0 Å². The molecule has 0 atom stereocenters. The van der Waals surface area contributed by atoms with Gasteiger partial charge in [-0.05, 0) is 32.0 Å². The Morgan fingerprint density at radius 1 is 1.15 bits per heavy atom. The van der Waals surface area contributed by atoms with E-state index in [9.17, 15) is 18.0 Å². The molecule has 0 spiro atoms. The van der Waals surface area contributed by atoms with Gasteiger partial charge in [-0.2, -0.15) is 13.2 Å². The Balaban J connectivity index is 2.22. The maximum Gasteiger partial charge on any atom is 0.418 e. The summed E-state index contributed by atoms with van der Waals surface area (Å²) in [6.45, 7) is 3.72. The van der Waals surface area contributed by atoms with Gasteiger partial charge < -0.3 is 10.1 Å². The molecule has 0 aliphatic rings. The summed E-state index contributed by atoms with van der Waals surface area (Å²) in [5.41, 5.74) is 0.883. The van der Waals surface area contributed by atoms with Crippen LogP contribution in [0.3, 0.4) is 0 Å². The first kappa shape index (κ1) is 18.7. The van der Waals surface area contributed by atoms with Gasteiger partial charge >= 0.3 is 12.1 Å². The SMILES string of the molecule is CCOC(=O)c1cnc2c(C(F)(F)F)cccc2c1Nc1ccc(C)cc1. The lowest BCUT2D eigenvalue weighted by molar-refractivity contribution is -0.136. The van der Waals surface area contributed by atoms with Crippen LogP contribution in [0, 0.1) is 6.92 Å². The number of hydrogen-bond acceptors (Lipinski definition) is 4. The third-order valence-corrected chi connectivity index (χ3v) is 4.02. The largest absolute Gasteiger partial charge is 0.462 e. The molecule has 3 aromatic rings. The van der Waals surface area contributed by atoms with Gasteiger partial charge in [0.05, 0.1) is 23.4 Å². The maximum absolute atomic E-state index is 13.3. The predicted octanol–water partition coefficient (Wildman–Crippen LogP) is 5.48. The Labute approximate surface area is 154 Å². The van der Waals surface area contributed by atoms with Crippen molar-refractivity contribution in [2.45, 2.75) is 20.0 Å². The van der Waals surface area contributed by atoms with Gasteiger partial charge in [0.2, 0.25) is 0 Å². The molecule has 4 nitrogen and oxygen atoms in total. The van der Waals surface area contributed by atoms with E-state index in [1.54, 1.807) is 19.1 Å². The number of aryl methyl sites for hydroxylation is 1. The monoisotopic (exact) mass is 374 g/mol. The zero-order chi connectivity index (χ0) is 19.6. The summed E-state index contributed by atoms with van der Waals surface area (Å²) in [6, 6.07) is 11.0. The van der Waals surface area contributed by atoms with Gasteiger partial charge in [-0.1, -0.05) is 29.8 Å². The zero-order valence-corrected chi connectivity index (χ0v) is 14.7. The number of halogens is 3. The number of nitrogens with one attached hydrogen (secondary N) is 1. The normalized spacial score (nSPS) is 11.4. The molecule has 3 rings (SSSR count). The number of rotatable bonds is 4. The van der Waals surface area contributed by atoms with E-state index in [0.717, 1.165) is 17.8 Å². The number of alkyl halides is 3. The Kier molecular flexibility index (Phi) is 5.03. The molecular weight excluding hydrogens is 357 g/mol. The molecule has 0 aliphatic heterocycles. The third kappa shape index (κ3) is 3.86. The van der Waals surface area contributed by atoms with E-state index in [2.05, 4.69) is 10.3 Å². The Morgan fingerprint density at radius 3 is 2.48 bits per heavy atom. The number of ether oxygens (including phenoxy) is 1. The van der Waals surface area contributed by atoms with Crippen LogP contribution in [0.1, 0.15) is 28.4 Å². The van der Waals surface area contributed by atoms with Crippen molar-refractivity contribution in [3.05, 3.63) is 65.4 Å². The number of fused-ring (bicyclic) bond motifs is 1. The van der Waals surface area contributed by atoms with Crippen LogP contribution >= 0.6 is 0 Å². The molecule has 27 heavy (non-hydrogen) atoms. The van der Waals surface area contributed by atoms with Crippen LogP contribution in [0.25, 0.3) is 10.9 Å². The van der Waals surface area contributed by atoms with E-state index < -0.39 is 17.7 Å². The molecule has 1 heterocycles. The van der Waals surface area contributed by atoms with Gasteiger partial charge in [0.25, 0.3) is 0 Å². The summed E-state index contributed by atoms with van der Waals surface area (Å²) in [5, 5.41) is 3.24. The molecule has 1 N–H and O–H groups in total. The van der Waals surface area contributed by atoms with Crippen molar-refractivity contribution in [3.8, 4) is 0 Å². The number of carbonyl (C=O) groups excluding carboxylic acids is 1. The smallest absolute Gasteiger partial charge is 0.418 e. The Bertz CT molecular complexity index is 983. The molecule has 1 aromatic heterocycles. The lowest BCUT2D eigenvalue weighted by atomic mass is 10.0. The lowest BCUT2D eigenvalue weighted by Gasteiger charge is -2.16. The maximum atomic E-state index is 13.3. The van der Waals surface area contributed by atoms with Gasteiger partial charge in [0, 0.05) is 17.3 Å². The first-order valence-electron chi connectivity index (χ1n) is 8.31. The Morgan fingerprint density at radius 2 is 1.85 bits per heavy atom. The molecule has 0 fully saturated rings. The second-order valence-electron chi connectivity index (χ2n) is 5.96. The number of para-hydroxylation sites is 1. The number of benzene rings is 2. The van der Waals surface area contributed by atoms with Crippen molar-refractivity contribution >= 4 is 28.2 Å². The minimum absolute atomic E-state index is 0.0734. The molecule has 0 bridgehead atoms. The Hall–Kier alpha value is -3.09. The number of pyridine rings is 1. The molecule has 0 amide bonds. The first-order chi connectivity index (χ1) is 12.8. The van der Waals surface area contributed by atoms with Crippen molar-refractivity contribution in [1.82, 2.24) is 4.98 Å². The number of hydrogen-bond donors (Lipinski definition) is 1. The van der Waals surface area contributed by atoms with Crippen molar-refractivity contribution in [3.63, 3.8) is 0 Å². The summed E-state index contributed by atoms with van der Waals surface area (Å²) in [4.78, 5) is 16.2. The van der Waals surface area contributed by atoms with E-state index >= 15 is 0 Å². The van der Waals surface area contributed by atoms with Gasteiger partial charge in [-0.15, -0.1) is 0 Å². The van der Waals surface area contributed by atoms with Crippen molar-refractivity contribution in [1.29, 1.82) is 0 Å². The molecule has 0 saturated heterocycles. The standard InChI is InChI=1S/C20H17F3N2O2/c1-3-27-19(26)15-11-24-18-14(5-4-6-16(18)20(21,22)23)17(15)25-13-9-7-12(2)8-10-13/h4-11H,3H2,1-2H3,(H,24,25). The minimum Gasteiger partial charge on any atom is -0.462 e. The van der Waals surface area contributed by atoms with Crippen molar-refractivity contribution in [2.24, 2.45) is 0 Å². The molecule has 140 valence electrons. The van der Waals surface area contributed by atoms with Crippen LogP contribution in [0.2, 0.25) is 0 Å². The van der Waals surface area contributed by atoms with E-state index in [1.807, 2.05) is 19.1 Å². The van der Waals surface area contributed by atoms with Crippen LogP contribution in [-0.2, 0) is 10.9 Å². The van der Waals surface area contributed by atoms with Crippen LogP contribution in [0.15, 0.2) is 48.7 Å². The fourth-order valence-electron chi connectivity index (χ4n) is 2.73. The predicted molar refractivity (Wildman–Crippen MR) is 97.2 cm³/mol. The quantitative estimate of drug-likeness (QED) is 0.614. The highest BCUT2D eigenvalue weighted by Crippen LogP contribution is 2.37. The van der Waals surface area contributed by atoms with Crippen molar-refractivity contribution < 1.29 is 22.7 Å². The van der Waals surface area contributed by atoms with Gasteiger partial charge in [-0.25, -0.2) is 4.79 Å². The summed E-state index contributed by atoms with van der Waals surface area (Å²) in [7, 11) is 0. The van der Waals surface area contributed by atoms with Crippen LogP contribution in [-0.4, -0.2) is 17.6 Å². The average molecular weight is 374 g/mol. The number of anilines is 2. The second kappa shape index (κ2) is 7.26. The summed E-state index contributed by atoms with van der Waals surface area (Å²) in [6.07, 6.45) is -3.44. The summed E-state index contributed by atoms with van der Waals surface area (Å²) >= 11 is 0. The highest BCUT2D eigenvalue weighted by atomic mass is 19.4. The topological polar surface area (TPSA) is 51.2 Å². The minimum atomic E-state index is -4.56. The second-order valence-corrected chi connectivity index (χ2v) is 5.96. The number of carbonyl (C=O) groups is 1. The van der Waals surface area contributed by atoms with E-state index in [0.29, 0.717) is 5.69 Å². The van der Waals surface area contributed by atoms with Gasteiger partial charge in [0.1, 0.15) is 5.56 Å². The fourth-order valence-corrected chi connectivity index (χ4v) is 2.73. The molecule has 0 saturated carbocycles. The highest BCUT2D eigenvalue weighted by Gasteiger charge is 2.34. The van der Waals surface area contributed by atoms with E-state index in [-0.39, 0.29) is 28.8 Å². The molecule has 2 aromatic carbocycles. The van der Waals surface area contributed by atoms with Crippen LogP contribution in [0.4, 0.5) is 24.5 Å². The van der Waals surface area contributed by atoms with Crippen molar-refractivity contribution in [2.75, 3.05) is 11.9 Å². The molecule has 7 heteroatoms. The van der Waals surface area contributed by atoms with Gasteiger partial charge in [-0.3, -0.25) is 4.98 Å². The molecule has 0 aliphatic carbocycles. The highest BCUT2D eigenvalue weighted by molar-refractivity contribution is 6.06. The molecular formula is C20H17F3N2O2. The number of aromatic nitrogens is 1. The van der Waals surface area contributed by atoms with Crippen LogP contribution < -0.4 is 5.32 Å². The summed E-state index contributed by atoms with van der Waals surface area (Å²) < 4.78 is 45.1. The summed E-state index contributed by atoms with van der Waals surface area (Å²) in [5.74, 6) is -0.654. The number of nitrogens with zero attached hydrogens (tertiary/aromatic N) is 1. The third-order valence-electron chi connectivity index (χ3n) is 4.02. The van der Waals surface area contributed by atoms with E-state index in [1.165, 1.54) is 12.1 Å². The fraction of sp³-hybridized carbons (Fsp3) is 0.200. The molecule has 0 unspecified atom stereocenters. The average Bonchev–Trinajstić information content (AvgIpc) is 2.62. The molecule has 0 radical (unpaired) electrons.